The highest BCUT2D eigenvalue weighted by atomic mass is 16.5. The molecule has 3 unspecified atom stereocenters. The molecule has 1 heterocycles. The van der Waals surface area contributed by atoms with Crippen LogP contribution in [-0.2, 0) is 4.74 Å². The van der Waals surface area contributed by atoms with Gasteiger partial charge in [-0.2, -0.15) is 0 Å². The van der Waals surface area contributed by atoms with Crippen molar-refractivity contribution in [3.8, 4) is 0 Å². The Morgan fingerprint density at radius 1 is 1.33 bits per heavy atom. The maximum Gasteiger partial charge on any atom is 0.0645 e. The molecule has 1 aliphatic heterocycles. The van der Waals surface area contributed by atoms with Crippen molar-refractivity contribution in [1.82, 2.24) is 4.90 Å². The van der Waals surface area contributed by atoms with Crippen molar-refractivity contribution in [2.75, 3.05) is 19.8 Å². The molecule has 106 valence electrons. The van der Waals surface area contributed by atoms with Crippen LogP contribution in [0.25, 0.3) is 0 Å². The average molecular weight is 254 g/mol. The molecule has 0 amide bonds. The fourth-order valence-corrected chi connectivity index (χ4v) is 3.77. The van der Waals surface area contributed by atoms with E-state index in [2.05, 4.69) is 25.7 Å². The molecular weight excluding hydrogens is 224 g/mol. The summed E-state index contributed by atoms with van der Waals surface area (Å²) in [7, 11) is 0. The van der Waals surface area contributed by atoms with Gasteiger partial charge in [-0.15, -0.1) is 0 Å². The predicted molar refractivity (Wildman–Crippen MR) is 75.6 cm³/mol. The smallest absolute Gasteiger partial charge is 0.0645 e. The molecule has 3 atom stereocenters. The van der Waals surface area contributed by atoms with Gasteiger partial charge in [-0.25, -0.2) is 0 Å². The Kier molecular flexibility index (Phi) is 4.68. The van der Waals surface area contributed by atoms with Crippen molar-refractivity contribution >= 4 is 0 Å². The molecule has 2 rings (SSSR count). The Morgan fingerprint density at radius 3 is 2.78 bits per heavy atom. The molecule has 2 N–H and O–H groups in total. The zero-order chi connectivity index (χ0) is 13.2. The molecule has 0 aromatic heterocycles. The number of nitrogens with two attached hydrogens (primary N) is 1. The van der Waals surface area contributed by atoms with Crippen LogP contribution in [0.3, 0.4) is 0 Å². The summed E-state index contributed by atoms with van der Waals surface area (Å²) < 4.78 is 5.63. The van der Waals surface area contributed by atoms with Crippen LogP contribution >= 0.6 is 0 Å². The van der Waals surface area contributed by atoms with Gasteiger partial charge >= 0.3 is 0 Å². The Morgan fingerprint density at radius 2 is 2.11 bits per heavy atom. The maximum absolute atomic E-state index is 6.41. The van der Waals surface area contributed by atoms with E-state index >= 15 is 0 Å². The predicted octanol–water partition coefficient (Wildman–Crippen LogP) is 2.39. The third-order valence-corrected chi connectivity index (χ3v) is 4.78. The van der Waals surface area contributed by atoms with Crippen molar-refractivity contribution in [2.24, 2.45) is 11.7 Å². The molecule has 3 heteroatoms. The molecule has 18 heavy (non-hydrogen) atoms. The van der Waals surface area contributed by atoms with Crippen LogP contribution in [0.5, 0.6) is 0 Å². The standard InChI is InChI=1S/C15H30N2O/c1-4-5-12-6-7-13(16)14(10-12)17-8-9-18-11-15(17,2)3/h12-14H,4-11,16H2,1-3H3. The molecule has 0 radical (unpaired) electrons. The summed E-state index contributed by atoms with van der Waals surface area (Å²) in [5.41, 5.74) is 6.55. The second-order valence-corrected chi connectivity index (χ2v) is 6.76. The molecule has 0 aromatic rings. The number of hydrogen-bond acceptors (Lipinski definition) is 3. The van der Waals surface area contributed by atoms with Crippen LogP contribution in [0.1, 0.15) is 52.9 Å². The lowest BCUT2D eigenvalue weighted by Crippen LogP contribution is -2.62. The van der Waals surface area contributed by atoms with Gasteiger partial charge in [0.05, 0.1) is 13.2 Å². The first-order valence-electron chi connectivity index (χ1n) is 7.64. The first kappa shape index (κ1) is 14.3. The summed E-state index contributed by atoms with van der Waals surface area (Å²) in [6.45, 7) is 9.64. The third-order valence-electron chi connectivity index (χ3n) is 4.78. The Labute approximate surface area is 112 Å². The molecule has 0 bridgehead atoms. The number of hydrogen-bond donors (Lipinski definition) is 1. The highest BCUT2D eigenvalue weighted by molar-refractivity contribution is 4.96. The van der Waals surface area contributed by atoms with Gasteiger partial charge in [-0.3, -0.25) is 4.90 Å². The summed E-state index contributed by atoms with van der Waals surface area (Å²) in [6.07, 6.45) is 6.49. The number of ether oxygens (including phenoxy) is 1. The van der Waals surface area contributed by atoms with E-state index in [1.807, 2.05) is 0 Å². The third kappa shape index (κ3) is 3.06. The fourth-order valence-electron chi connectivity index (χ4n) is 3.77. The lowest BCUT2D eigenvalue weighted by atomic mass is 9.78. The second-order valence-electron chi connectivity index (χ2n) is 6.76. The largest absolute Gasteiger partial charge is 0.378 e. The molecule has 1 aliphatic carbocycles. The molecular formula is C15H30N2O. The SMILES string of the molecule is CCCC1CCC(N)C(N2CCOCC2(C)C)C1. The van der Waals surface area contributed by atoms with Crippen LogP contribution in [0.2, 0.25) is 0 Å². The van der Waals surface area contributed by atoms with Crippen LogP contribution in [-0.4, -0.2) is 42.3 Å². The van der Waals surface area contributed by atoms with Gasteiger partial charge in [-0.1, -0.05) is 19.8 Å². The van der Waals surface area contributed by atoms with Crippen molar-refractivity contribution in [2.45, 2.75) is 70.5 Å². The van der Waals surface area contributed by atoms with Crippen LogP contribution in [0.15, 0.2) is 0 Å². The Balaban J connectivity index is 2.04. The normalized spacial score (nSPS) is 37.7. The summed E-state index contributed by atoms with van der Waals surface area (Å²) in [5, 5.41) is 0. The molecule has 3 nitrogen and oxygen atoms in total. The van der Waals surface area contributed by atoms with Crippen LogP contribution in [0, 0.1) is 5.92 Å². The van der Waals surface area contributed by atoms with E-state index in [0.717, 1.165) is 25.7 Å². The summed E-state index contributed by atoms with van der Waals surface area (Å²) in [6, 6.07) is 0.921. The van der Waals surface area contributed by atoms with E-state index in [1.54, 1.807) is 0 Å². The van der Waals surface area contributed by atoms with E-state index in [0.29, 0.717) is 12.1 Å². The Hall–Kier alpha value is -0.120. The number of morpholine rings is 1. The lowest BCUT2D eigenvalue weighted by molar-refractivity contribution is -0.0857. The van der Waals surface area contributed by atoms with Crippen molar-refractivity contribution in [3.05, 3.63) is 0 Å². The van der Waals surface area contributed by atoms with Gasteiger partial charge in [-0.05, 0) is 39.0 Å². The minimum atomic E-state index is 0.147. The van der Waals surface area contributed by atoms with Crippen LogP contribution in [0.4, 0.5) is 0 Å². The van der Waals surface area contributed by atoms with E-state index in [4.69, 9.17) is 10.5 Å². The zero-order valence-corrected chi connectivity index (χ0v) is 12.3. The summed E-state index contributed by atoms with van der Waals surface area (Å²) in [5.74, 6) is 0.887. The quantitative estimate of drug-likeness (QED) is 0.840. The van der Waals surface area contributed by atoms with E-state index in [1.165, 1.54) is 32.1 Å². The van der Waals surface area contributed by atoms with Gasteiger partial charge < -0.3 is 10.5 Å². The molecule has 0 spiro atoms. The first-order chi connectivity index (χ1) is 8.54. The highest BCUT2D eigenvalue weighted by Gasteiger charge is 2.40. The lowest BCUT2D eigenvalue weighted by Gasteiger charge is -2.50. The fraction of sp³-hybridized carbons (Fsp3) is 1.00. The van der Waals surface area contributed by atoms with Gasteiger partial charge in [0, 0.05) is 24.2 Å². The monoisotopic (exact) mass is 254 g/mol. The van der Waals surface area contributed by atoms with Crippen molar-refractivity contribution < 1.29 is 4.74 Å². The van der Waals surface area contributed by atoms with E-state index in [9.17, 15) is 0 Å². The van der Waals surface area contributed by atoms with Crippen LogP contribution < -0.4 is 5.73 Å². The minimum absolute atomic E-state index is 0.147. The first-order valence-corrected chi connectivity index (χ1v) is 7.64. The van der Waals surface area contributed by atoms with Crippen molar-refractivity contribution in [1.29, 1.82) is 0 Å². The van der Waals surface area contributed by atoms with Gasteiger partial charge in [0.2, 0.25) is 0 Å². The maximum atomic E-state index is 6.41. The second kappa shape index (κ2) is 5.89. The highest BCUT2D eigenvalue weighted by Crippen LogP contribution is 2.34. The molecule has 2 aliphatic rings. The van der Waals surface area contributed by atoms with Gasteiger partial charge in [0.15, 0.2) is 0 Å². The van der Waals surface area contributed by atoms with Crippen molar-refractivity contribution in [3.63, 3.8) is 0 Å². The zero-order valence-electron chi connectivity index (χ0n) is 12.3. The molecule has 1 saturated heterocycles. The number of rotatable bonds is 3. The summed E-state index contributed by atoms with van der Waals surface area (Å²) >= 11 is 0. The van der Waals surface area contributed by atoms with Gasteiger partial charge in [0.1, 0.15) is 0 Å². The van der Waals surface area contributed by atoms with E-state index < -0.39 is 0 Å². The molecule has 0 aromatic carbocycles. The van der Waals surface area contributed by atoms with Gasteiger partial charge in [0.25, 0.3) is 0 Å². The minimum Gasteiger partial charge on any atom is -0.378 e. The topological polar surface area (TPSA) is 38.5 Å². The molecule has 2 fully saturated rings. The summed E-state index contributed by atoms with van der Waals surface area (Å²) in [4.78, 5) is 2.63. The number of nitrogens with zero attached hydrogens (tertiary/aromatic N) is 1. The molecule has 1 saturated carbocycles. The average Bonchev–Trinajstić information content (AvgIpc) is 2.32. The Bertz CT molecular complexity index is 267. The van der Waals surface area contributed by atoms with E-state index in [-0.39, 0.29) is 5.54 Å².